The molecule has 110 valence electrons. The number of nitro benzene ring substituents is 1. The van der Waals surface area contributed by atoms with Gasteiger partial charge < -0.3 is 10.1 Å². The van der Waals surface area contributed by atoms with Crippen LogP contribution in [0.25, 0.3) is 0 Å². The molecule has 2 rings (SSSR count). The van der Waals surface area contributed by atoms with Gasteiger partial charge in [-0.3, -0.25) is 10.1 Å². The number of hydrogen-bond donors (Lipinski definition) is 1. The maximum absolute atomic E-state index is 11.0. The molecular formula is C15H16N2O3S. The number of nitrogens with zero attached hydrogens (tertiary/aromatic N) is 1. The van der Waals surface area contributed by atoms with Crippen molar-refractivity contribution in [3.63, 3.8) is 0 Å². The fraction of sp³-hybridized carbons (Fsp3) is 0.200. The van der Waals surface area contributed by atoms with Crippen molar-refractivity contribution in [2.75, 3.05) is 19.5 Å². The molecule has 0 amide bonds. The first-order valence-electron chi connectivity index (χ1n) is 6.36. The van der Waals surface area contributed by atoms with Gasteiger partial charge in [0.2, 0.25) is 0 Å². The van der Waals surface area contributed by atoms with Gasteiger partial charge in [-0.2, -0.15) is 0 Å². The first-order chi connectivity index (χ1) is 10.2. The largest absolute Gasteiger partial charge is 0.497 e. The van der Waals surface area contributed by atoms with Crippen LogP contribution in [0, 0.1) is 10.1 Å². The molecule has 0 aromatic heterocycles. The Kier molecular flexibility index (Phi) is 5.05. The summed E-state index contributed by atoms with van der Waals surface area (Å²) in [5, 5.41) is 13.9. The summed E-state index contributed by atoms with van der Waals surface area (Å²) >= 11 is 1.62. The summed E-state index contributed by atoms with van der Waals surface area (Å²) in [5.74, 6) is 1.47. The van der Waals surface area contributed by atoms with Gasteiger partial charge in [-0.1, -0.05) is 12.1 Å². The lowest BCUT2D eigenvalue weighted by molar-refractivity contribution is -0.384. The zero-order chi connectivity index (χ0) is 15.2. The van der Waals surface area contributed by atoms with Gasteiger partial charge in [-0.05, 0) is 29.8 Å². The maximum atomic E-state index is 11.0. The maximum Gasteiger partial charge on any atom is 0.292 e. The molecule has 0 saturated carbocycles. The van der Waals surface area contributed by atoms with Crippen LogP contribution in [0.1, 0.15) is 5.56 Å². The molecule has 0 aliphatic rings. The summed E-state index contributed by atoms with van der Waals surface area (Å²) < 4.78 is 5.12. The number of ether oxygens (including phenoxy) is 1. The number of rotatable bonds is 6. The quantitative estimate of drug-likeness (QED) is 0.497. The lowest BCUT2D eigenvalue weighted by Gasteiger charge is -2.09. The highest BCUT2D eigenvalue weighted by Crippen LogP contribution is 2.33. The van der Waals surface area contributed by atoms with Crippen molar-refractivity contribution in [2.24, 2.45) is 0 Å². The fourth-order valence-corrected chi connectivity index (χ4v) is 2.87. The van der Waals surface area contributed by atoms with Gasteiger partial charge in [0.25, 0.3) is 5.69 Å². The molecule has 1 N–H and O–H groups in total. The van der Waals surface area contributed by atoms with Crippen molar-refractivity contribution in [3.05, 3.63) is 58.1 Å². The highest BCUT2D eigenvalue weighted by Gasteiger charge is 2.15. The standard InChI is InChI=1S/C15H16N2O3S/c1-16-15-11(4-3-5-14(15)17(18)19)10-21-13-8-6-12(20-2)7-9-13/h3-9,16H,10H2,1-2H3. The number of benzene rings is 2. The average molecular weight is 304 g/mol. The van der Waals surface area contributed by atoms with Gasteiger partial charge in [0, 0.05) is 23.8 Å². The Bertz CT molecular complexity index is 629. The molecule has 21 heavy (non-hydrogen) atoms. The van der Waals surface area contributed by atoms with E-state index < -0.39 is 0 Å². The fourth-order valence-electron chi connectivity index (χ4n) is 1.98. The molecule has 0 spiro atoms. The molecule has 0 aliphatic carbocycles. The predicted molar refractivity (Wildman–Crippen MR) is 85.2 cm³/mol. The first kappa shape index (κ1) is 15.2. The Morgan fingerprint density at radius 1 is 1.24 bits per heavy atom. The molecule has 0 heterocycles. The Labute approximate surface area is 127 Å². The molecule has 0 unspecified atom stereocenters. The minimum absolute atomic E-state index is 0.102. The van der Waals surface area contributed by atoms with E-state index >= 15 is 0 Å². The summed E-state index contributed by atoms with van der Waals surface area (Å²) in [6, 6.07) is 12.9. The van der Waals surface area contributed by atoms with Crippen LogP contribution in [0.3, 0.4) is 0 Å². The average Bonchev–Trinajstić information content (AvgIpc) is 2.52. The van der Waals surface area contributed by atoms with Gasteiger partial charge in [0.05, 0.1) is 12.0 Å². The zero-order valence-corrected chi connectivity index (χ0v) is 12.6. The summed E-state index contributed by atoms with van der Waals surface area (Å²) in [5.41, 5.74) is 1.58. The second-order valence-electron chi connectivity index (χ2n) is 4.28. The van der Waals surface area contributed by atoms with Crippen molar-refractivity contribution < 1.29 is 9.66 Å². The van der Waals surface area contributed by atoms with E-state index in [0.29, 0.717) is 11.4 Å². The number of thioether (sulfide) groups is 1. The Morgan fingerprint density at radius 3 is 2.52 bits per heavy atom. The van der Waals surface area contributed by atoms with E-state index in [4.69, 9.17) is 4.74 Å². The smallest absolute Gasteiger partial charge is 0.292 e. The van der Waals surface area contributed by atoms with E-state index in [9.17, 15) is 10.1 Å². The van der Waals surface area contributed by atoms with Crippen LogP contribution in [-0.2, 0) is 5.75 Å². The van der Waals surface area contributed by atoms with Crippen LogP contribution in [0.4, 0.5) is 11.4 Å². The second kappa shape index (κ2) is 6.99. The van der Waals surface area contributed by atoms with Crippen LogP contribution in [0.2, 0.25) is 0 Å². The molecule has 0 fully saturated rings. The summed E-state index contributed by atoms with van der Waals surface area (Å²) in [4.78, 5) is 11.7. The first-order valence-corrected chi connectivity index (χ1v) is 7.35. The lowest BCUT2D eigenvalue weighted by atomic mass is 10.1. The summed E-state index contributed by atoms with van der Waals surface area (Å²) in [7, 11) is 3.33. The normalized spacial score (nSPS) is 10.2. The van der Waals surface area contributed by atoms with Gasteiger partial charge in [-0.25, -0.2) is 0 Å². The van der Waals surface area contributed by atoms with Crippen molar-refractivity contribution in [2.45, 2.75) is 10.6 Å². The molecule has 2 aromatic rings. The van der Waals surface area contributed by atoms with Crippen LogP contribution in [-0.4, -0.2) is 19.1 Å². The number of nitro groups is 1. The third-order valence-electron chi connectivity index (χ3n) is 3.03. The van der Waals surface area contributed by atoms with E-state index in [1.165, 1.54) is 6.07 Å². The highest BCUT2D eigenvalue weighted by molar-refractivity contribution is 7.98. The molecule has 0 atom stereocenters. The summed E-state index contributed by atoms with van der Waals surface area (Å²) in [6.45, 7) is 0. The molecule has 2 aromatic carbocycles. The van der Waals surface area contributed by atoms with Crippen LogP contribution in [0.15, 0.2) is 47.4 Å². The van der Waals surface area contributed by atoms with E-state index in [-0.39, 0.29) is 10.6 Å². The third kappa shape index (κ3) is 3.66. The van der Waals surface area contributed by atoms with Crippen molar-refractivity contribution in [1.82, 2.24) is 0 Å². The second-order valence-corrected chi connectivity index (χ2v) is 5.33. The molecule has 0 aliphatic heterocycles. The number of para-hydroxylation sites is 1. The Balaban J connectivity index is 2.15. The van der Waals surface area contributed by atoms with Crippen molar-refractivity contribution in [3.8, 4) is 5.75 Å². The molecule has 6 heteroatoms. The van der Waals surface area contributed by atoms with Crippen LogP contribution >= 0.6 is 11.8 Å². The Morgan fingerprint density at radius 2 is 1.95 bits per heavy atom. The number of hydrogen-bond acceptors (Lipinski definition) is 5. The third-order valence-corrected chi connectivity index (χ3v) is 4.09. The molecule has 0 bridgehead atoms. The molecular weight excluding hydrogens is 288 g/mol. The van der Waals surface area contributed by atoms with Crippen molar-refractivity contribution >= 4 is 23.1 Å². The molecule has 5 nitrogen and oxygen atoms in total. The van der Waals surface area contributed by atoms with Gasteiger partial charge in [0.1, 0.15) is 11.4 Å². The Hall–Kier alpha value is -2.21. The minimum atomic E-state index is -0.368. The molecule has 0 saturated heterocycles. The van der Waals surface area contributed by atoms with E-state index in [0.717, 1.165) is 16.2 Å². The number of nitrogens with one attached hydrogen (secondary N) is 1. The van der Waals surface area contributed by atoms with Gasteiger partial charge >= 0.3 is 0 Å². The van der Waals surface area contributed by atoms with E-state index in [1.54, 1.807) is 32.0 Å². The van der Waals surface area contributed by atoms with Crippen LogP contribution in [0.5, 0.6) is 5.75 Å². The SMILES string of the molecule is CNc1c(CSc2ccc(OC)cc2)cccc1[N+](=O)[O-]. The molecule has 0 radical (unpaired) electrons. The lowest BCUT2D eigenvalue weighted by Crippen LogP contribution is -2.00. The van der Waals surface area contributed by atoms with Gasteiger partial charge in [-0.15, -0.1) is 11.8 Å². The topological polar surface area (TPSA) is 64.4 Å². The van der Waals surface area contributed by atoms with Gasteiger partial charge in [0.15, 0.2) is 0 Å². The predicted octanol–water partition coefficient (Wildman–Crippen LogP) is 3.94. The zero-order valence-electron chi connectivity index (χ0n) is 11.8. The minimum Gasteiger partial charge on any atom is -0.497 e. The van der Waals surface area contributed by atoms with E-state index in [1.807, 2.05) is 30.3 Å². The highest BCUT2D eigenvalue weighted by atomic mass is 32.2. The number of anilines is 1. The monoisotopic (exact) mass is 304 g/mol. The number of methoxy groups -OCH3 is 1. The van der Waals surface area contributed by atoms with E-state index in [2.05, 4.69) is 5.32 Å². The van der Waals surface area contributed by atoms with Crippen molar-refractivity contribution in [1.29, 1.82) is 0 Å². The summed E-state index contributed by atoms with van der Waals surface area (Å²) in [6.07, 6.45) is 0. The van der Waals surface area contributed by atoms with Crippen LogP contribution < -0.4 is 10.1 Å².